The van der Waals surface area contributed by atoms with Crippen molar-refractivity contribution in [1.82, 2.24) is 10.2 Å². The molecule has 3 unspecified atom stereocenters. The molecule has 1 saturated carbocycles. The smallest absolute Gasteiger partial charge is 0.244 e. The molecule has 3 atom stereocenters. The minimum Gasteiger partial charge on any atom is -0.383 e. The van der Waals surface area contributed by atoms with Crippen molar-refractivity contribution < 1.29 is 9.53 Å². The van der Waals surface area contributed by atoms with Gasteiger partial charge in [0.15, 0.2) is 0 Å². The van der Waals surface area contributed by atoms with E-state index in [-0.39, 0.29) is 18.1 Å². The second-order valence-electron chi connectivity index (χ2n) is 7.30. The van der Waals surface area contributed by atoms with Gasteiger partial charge in [0, 0.05) is 7.11 Å². The van der Waals surface area contributed by atoms with Crippen LogP contribution >= 0.6 is 0 Å². The maximum Gasteiger partial charge on any atom is 0.244 e. The predicted octanol–water partition coefficient (Wildman–Crippen LogP) is 2.77. The van der Waals surface area contributed by atoms with E-state index < -0.39 is 5.54 Å². The molecule has 1 aliphatic carbocycles. The zero-order chi connectivity index (χ0) is 15.6. The number of nitrogens with zero attached hydrogens (tertiary/aromatic N) is 1. The monoisotopic (exact) mass is 296 g/mol. The third-order valence-corrected chi connectivity index (χ3v) is 5.49. The molecule has 1 heterocycles. The van der Waals surface area contributed by atoms with Crippen LogP contribution in [0.3, 0.4) is 0 Å². The molecule has 2 rings (SSSR count). The van der Waals surface area contributed by atoms with Crippen LogP contribution in [0.4, 0.5) is 0 Å². The maximum absolute atomic E-state index is 13.1. The third-order valence-electron chi connectivity index (χ3n) is 5.49. The summed E-state index contributed by atoms with van der Waals surface area (Å²) in [7, 11) is 1.73. The Hall–Kier alpha value is -0.610. The first-order valence-corrected chi connectivity index (χ1v) is 8.54. The Morgan fingerprint density at radius 3 is 2.48 bits per heavy atom. The third kappa shape index (κ3) is 3.11. The summed E-state index contributed by atoms with van der Waals surface area (Å²) < 4.78 is 5.42. The lowest BCUT2D eigenvalue weighted by Crippen LogP contribution is -2.51. The molecule has 1 N–H and O–H groups in total. The first-order chi connectivity index (χ1) is 9.94. The van der Waals surface area contributed by atoms with E-state index in [0.717, 1.165) is 6.42 Å². The number of nitrogens with one attached hydrogen (secondary N) is 1. The van der Waals surface area contributed by atoms with E-state index in [9.17, 15) is 4.79 Å². The van der Waals surface area contributed by atoms with Gasteiger partial charge < -0.3 is 9.64 Å². The highest BCUT2D eigenvalue weighted by molar-refractivity contribution is 5.88. The van der Waals surface area contributed by atoms with E-state index in [1.807, 2.05) is 0 Å². The molecule has 0 aromatic rings. The van der Waals surface area contributed by atoms with Crippen LogP contribution in [0.15, 0.2) is 0 Å². The van der Waals surface area contributed by atoms with Gasteiger partial charge in [-0.2, -0.15) is 0 Å². The van der Waals surface area contributed by atoms with E-state index >= 15 is 0 Å². The highest BCUT2D eigenvalue weighted by Crippen LogP contribution is 2.37. The van der Waals surface area contributed by atoms with Gasteiger partial charge in [-0.1, -0.05) is 33.6 Å². The van der Waals surface area contributed by atoms with Crippen molar-refractivity contribution in [2.24, 2.45) is 11.8 Å². The summed E-state index contributed by atoms with van der Waals surface area (Å²) in [6, 6.07) is 0.161. The average Bonchev–Trinajstić information content (AvgIpc) is 3.05. The van der Waals surface area contributed by atoms with Crippen LogP contribution in [0.1, 0.15) is 59.8 Å². The molecule has 0 spiro atoms. The van der Waals surface area contributed by atoms with Gasteiger partial charge in [0.1, 0.15) is 0 Å². The van der Waals surface area contributed by atoms with E-state index in [4.69, 9.17) is 4.74 Å². The molecule has 1 amide bonds. The topological polar surface area (TPSA) is 41.6 Å². The second kappa shape index (κ2) is 6.66. The van der Waals surface area contributed by atoms with Crippen molar-refractivity contribution in [3.05, 3.63) is 0 Å². The number of methoxy groups -OCH3 is 1. The molecule has 2 aliphatic rings. The zero-order valence-corrected chi connectivity index (χ0v) is 14.3. The summed E-state index contributed by atoms with van der Waals surface area (Å²) >= 11 is 0. The maximum atomic E-state index is 13.1. The van der Waals surface area contributed by atoms with Gasteiger partial charge in [-0.15, -0.1) is 0 Å². The van der Waals surface area contributed by atoms with Crippen molar-refractivity contribution in [2.45, 2.75) is 77.5 Å². The molecular formula is C17H32N2O2. The van der Waals surface area contributed by atoms with Crippen molar-refractivity contribution in [3.63, 3.8) is 0 Å². The predicted molar refractivity (Wildman–Crippen MR) is 84.9 cm³/mol. The molecule has 1 aliphatic heterocycles. The van der Waals surface area contributed by atoms with Gasteiger partial charge in [-0.3, -0.25) is 10.1 Å². The van der Waals surface area contributed by atoms with E-state index in [1.165, 1.54) is 25.7 Å². The van der Waals surface area contributed by atoms with E-state index in [2.05, 4.69) is 37.9 Å². The van der Waals surface area contributed by atoms with E-state index in [1.54, 1.807) is 7.11 Å². The number of ether oxygens (including phenoxy) is 1. The Balaban J connectivity index is 2.29. The highest BCUT2D eigenvalue weighted by atomic mass is 16.5. The van der Waals surface area contributed by atoms with Gasteiger partial charge in [-0.05, 0) is 38.0 Å². The van der Waals surface area contributed by atoms with E-state index in [0.29, 0.717) is 18.4 Å². The van der Waals surface area contributed by atoms with Crippen LogP contribution in [0.5, 0.6) is 0 Å². The zero-order valence-electron chi connectivity index (χ0n) is 14.3. The average molecular weight is 296 g/mol. The first kappa shape index (κ1) is 16.8. The molecule has 4 nitrogen and oxygen atoms in total. The van der Waals surface area contributed by atoms with Crippen LogP contribution in [-0.4, -0.2) is 42.3 Å². The van der Waals surface area contributed by atoms with Crippen molar-refractivity contribution in [1.29, 1.82) is 0 Å². The summed E-state index contributed by atoms with van der Waals surface area (Å²) in [5.74, 6) is 1.26. The molecule has 0 radical (unpaired) electrons. The summed E-state index contributed by atoms with van der Waals surface area (Å²) in [6.07, 6.45) is 6.09. The summed E-state index contributed by atoms with van der Waals surface area (Å²) in [6.45, 7) is 9.14. The molecule has 2 fully saturated rings. The fourth-order valence-corrected chi connectivity index (χ4v) is 3.86. The quantitative estimate of drug-likeness (QED) is 0.819. The fourth-order valence-electron chi connectivity index (χ4n) is 3.86. The lowest BCUT2D eigenvalue weighted by molar-refractivity contribution is -0.138. The summed E-state index contributed by atoms with van der Waals surface area (Å²) in [5.41, 5.74) is -0.409. The SMILES string of the molecule is CCC1(C)NC(C2CCCC2)N(C(COC)C(C)C)C1=O. The standard InChI is InChI=1S/C17H32N2O2/c1-6-17(4)16(20)19(14(11-21-5)12(2)3)15(18-17)13-9-7-8-10-13/h12-15,18H,6-11H2,1-5H3. The van der Waals surface area contributed by atoms with Crippen molar-refractivity contribution in [3.8, 4) is 0 Å². The molecular weight excluding hydrogens is 264 g/mol. The van der Waals surface area contributed by atoms with Crippen molar-refractivity contribution in [2.75, 3.05) is 13.7 Å². The number of carbonyl (C=O) groups excluding carboxylic acids is 1. The first-order valence-electron chi connectivity index (χ1n) is 8.54. The molecule has 1 saturated heterocycles. The van der Waals surface area contributed by atoms with Gasteiger partial charge in [0.2, 0.25) is 5.91 Å². The molecule has 122 valence electrons. The molecule has 0 bridgehead atoms. The lowest BCUT2D eigenvalue weighted by Gasteiger charge is -2.37. The molecule has 0 aromatic heterocycles. The Kier molecular flexibility index (Phi) is 5.31. The second-order valence-corrected chi connectivity index (χ2v) is 7.30. The van der Waals surface area contributed by atoms with Crippen LogP contribution in [0, 0.1) is 11.8 Å². The minimum absolute atomic E-state index is 0.161. The van der Waals surface area contributed by atoms with Gasteiger partial charge >= 0.3 is 0 Å². The molecule has 0 aromatic carbocycles. The largest absolute Gasteiger partial charge is 0.383 e. The Morgan fingerprint density at radius 2 is 2.00 bits per heavy atom. The van der Waals surface area contributed by atoms with Gasteiger partial charge in [-0.25, -0.2) is 0 Å². The number of rotatable bonds is 6. The number of amides is 1. The molecule has 21 heavy (non-hydrogen) atoms. The summed E-state index contributed by atoms with van der Waals surface area (Å²) in [4.78, 5) is 15.2. The Labute approximate surface area is 129 Å². The Morgan fingerprint density at radius 1 is 1.38 bits per heavy atom. The van der Waals surface area contributed by atoms with Crippen LogP contribution in [0.25, 0.3) is 0 Å². The van der Waals surface area contributed by atoms with Crippen LogP contribution in [-0.2, 0) is 9.53 Å². The minimum atomic E-state index is -0.409. The lowest BCUT2D eigenvalue weighted by atomic mass is 9.97. The number of carbonyl (C=O) groups is 1. The summed E-state index contributed by atoms with van der Waals surface area (Å²) in [5, 5.41) is 3.67. The van der Waals surface area contributed by atoms with Crippen LogP contribution in [0.2, 0.25) is 0 Å². The normalized spacial score (nSPS) is 32.4. The highest BCUT2D eigenvalue weighted by Gasteiger charge is 2.52. The van der Waals surface area contributed by atoms with Crippen molar-refractivity contribution >= 4 is 5.91 Å². The van der Waals surface area contributed by atoms with Gasteiger partial charge in [0.25, 0.3) is 0 Å². The Bertz CT molecular complexity index is 366. The number of hydrogen-bond donors (Lipinski definition) is 1. The fraction of sp³-hybridized carbons (Fsp3) is 0.941. The van der Waals surface area contributed by atoms with Gasteiger partial charge in [0.05, 0.1) is 24.4 Å². The number of hydrogen-bond acceptors (Lipinski definition) is 3. The van der Waals surface area contributed by atoms with Crippen LogP contribution < -0.4 is 5.32 Å². The molecule has 4 heteroatoms.